The molecule has 3 amide bonds. The van der Waals surface area contributed by atoms with Crippen molar-refractivity contribution in [3.8, 4) is 5.75 Å². The summed E-state index contributed by atoms with van der Waals surface area (Å²) in [6.07, 6.45) is -0.801. The minimum Gasteiger partial charge on any atom is -0.482 e. The van der Waals surface area contributed by atoms with Crippen molar-refractivity contribution in [3.05, 3.63) is 83.9 Å². The van der Waals surface area contributed by atoms with E-state index >= 15 is 0 Å². The van der Waals surface area contributed by atoms with Crippen molar-refractivity contribution in [2.75, 3.05) is 30.0 Å². The monoisotopic (exact) mass is 615 g/mol. The molecular formula is C33H37N3O7Si. The number of aliphatic hydroxyl groups is 1. The maximum Gasteiger partial charge on any atom is 0.269 e. The van der Waals surface area contributed by atoms with E-state index in [0.717, 1.165) is 5.56 Å². The maximum absolute atomic E-state index is 13.9. The quantitative estimate of drug-likeness (QED) is 0.328. The molecule has 0 aromatic heterocycles. The highest BCUT2D eigenvalue weighted by Crippen LogP contribution is 2.59. The Bertz CT molecular complexity index is 1590. The van der Waals surface area contributed by atoms with E-state index < -0.39 is 31.5 Å². The molecule has 3 heterocycles. The molecule has 6 rings (SSSR count). The number of nitrogens with zero attached hydrogens (tertiary/aromatic N) is 2. The number of fused-ring (bicyclic) bond motifs is 3. The van der Waals surface area contributed by atoms with Crippen molar-refractivity contribution < 1.29 is 33.8 Å². The van der Waals surface area contributed by atoms with Crippen molar-refractivity contribution in [2.24, 2.45) is 5.92 Å². The van der Waals surface area contributed by atoms with E-state index in [1.54, 1.807) is 53.2 Å². The molecule has 230 valence electrons. The molecule has 3 aromatic carbocycles. The lowest BCUT2D eigenvalue weighted by atomic mass is 9.82. The lowest BCUT2D eigenvalue weighted by Gasteiger charge is -2.33. The molecule has 4 atom stereocenters. The third kappa shape index (κ3) is 5.09. The smallest absolute Gasteiger partial charge is 0.269 e. The van der Waals surface area contributed by atoms with Crippen LogP contribution in [0.15, 0.2) is 72.8 Å². The number of carbonyl (C=O) groups excluding carboxylic acids is 3. The first-order valence-corrected chi connectivity index (χ1v) is 17.9. The van der Waals surface area contributed by atoms with Gasteiger partial charge in [0.15, 0.2) is 20.5 Å². The number of aliphatic hydroxyl groups excluding tert-OH is 1. The zero-order chi connectivity index (χ0) is 31.2. The Morgan fingerprint density at radius 3 is 2.55 bits per heavy atom. The van der Waals surface area contributed by atoms with Crippen molar-refractivity contribution >= 4 is 43.1 Å². The van der Waals surface area contributed by atoms with Crippen LogP contribution in [0.3, 0.4) is 0 Å². The Morgan fingerprint density at radius 2 is 1.82 bits per heavy atom. The predicted octanol–water partition coefficient (Wildman–Crippen LogP) is 3.90. The fourth-order valence-electron chi connectivity index (χ4n) is 7.13. The highest BCUT2D eigenvalue weighted by Gasteiger charge is 2.65. The number of hydrogen-bond acceptors (Lipinski definition) is 7. The second kappa shape index (κ2) is 11.5. The maximum atomic E-state index is 13.9. The summed E-state index contributed by atoms with van der Waals surface area (Å²) in [6.45, 7) is 5.65. The second-order valence-electron chi connectivity index (χ2n) is 12.3. The molecule has 0 bridgehead atoms. The van der Waals surface area contributed by atoms with E-state index in [0.29, 0.717) is 34.9 Å². The molecule has 0 saturated carbocycles. The fraction of sp³-hybridized carbons (Fsp3) is 0.364. The van der Waals surface area contributed by atoms with Crippen LogP contribution in [0.1, 0.15) is 24.5 Å². The lowest BCUT2D eigenvalue weighted by molar-refractivity contribution is -0.148. The zero-order valence-corrected chi connectivity index (χ0v) is 26.0. The van der Waals surface area contributed by atoms with Gasteiger partial charge in [-0.25, -0.2) is 0 Å². The lowest BCUT2D eigenvalue weighted by Crippen LogP contribution is -2.44. The van der Waals surface area contributed by atoms with E-state index in [1.807, 2.05) is 49.4 Å². The van der Waals surface area contributed by atoms with Gasteiger partial charge >= 0.3 is 0 Å². The first kappa shape index (κ1) is 30.0. The summed E-state index contributed by atoms with van der Waals surface area (Å²) in [5.74, 6) is -0.736. The number of carbonyl (C=O) groups is 3. The Kier molecular flexibility index (Phi) is 7.83. The summed E-state index contributed by atoms with van der Waals surface area (Å²) >= 11 is 0. The highest BCUT2D eigenvalue weighted by molar-refractivity contribution is 6.71. The summed E-state index contributed by atoms with van der Waals surface area (Å²) in [5.41, 5.74) is 1.30. The molecule has 3 aliphatic heterocycles. The van der Waals surface area contributed by atoms with Crippen molar-refractivity contribution in [2.45, 2.75) is 50.2 Å². The number of rotatable bonds is 8. The Balaban J connectivity index is 1.36. The van der Waals surface area contributed by atoms with Gasteiger partial charge in [-0.1, -0.05) is 49.4 Å². The number of amides is 3. The van der Waals surface area contributed by atoms with Gasteiger partial charge in [0, 0.05) is 41.5 Å². The number of benzene rings is 3. The number of ether oxygens (including phenoxy) is 2. The number of anilines is 3. The van der Waals surface area contributed by atoms with E-state index in [4.69, 9.17) is 9.47 Å². The minimum absolute atomic E-state index is 0.0573. The van der Waals surface area contributed by atoms with Gasteiger partial charge in [0.25, 0.3) is 11.8 Å². The Labute approximate surface area is 257 Å². The van der Waals surface area contributed by atoms with Gasteiger partial charge in [0.2, 0.25) is 5.91 Å². The molecule has 3 N–H and O–H groups in total. The first-order valence-electron chi connectivity index (χ1n) is 14.9. The van der Waals surface area contributed by atoms with Crippen LogP contribution in [0, 0.1) is 5.92 Å². The average molecular weight is 616 g/mol. The van der Waals surface area contributed by atoms with E-state index in [2.05, 4.69) is 5.32 Å². The molecule has 1 spiro atoms. The van der Waals surface area contributed by atoms with Crippen LogP contribution >= 0.6 is 0 Å². The molecule has 0 aliphatic carbocycles. The Morgan fingerprint density at radius 1 is 1.09 bits per heavy atom. The fourth-order valence-corrected chi connectivity index (χ4v) is 9.68. The summed E-state index contributed by atoms with van der Waals surface area (Å²) < 4.78 is 12.3. The molecule has 3 aromatic rings. The van der Waals surface area contributed by atoms with Crippen LogP contribution in [-0.4, -0.2) is 66.7 Å². The number of hydrogen-bond donors (Lipinski definition) is 3. The third-order valence-corrected chi connectivity index (χ3v) is 11.5. The van der Waals surface area contributed by atoms with Crippen LogP contribution < -0.4 is 15.0 Å². The summed E-state index contributed by atoms with van der Waals surface area (Å²) in [4.78, 5) is 55.4. The second-order valence-corrected chi connectivity index (χ2v) is 16.2. The molecule has 0 unspecified atom stereocenters. The van der Waals surface area contributed by atoms with Crippen LogP contribution in [0.2, 0.25) is 18.6 Å². The first-order chi connectivity index (χ1) is 21.0. The largest absolute Gasteiger partial charge is 0.482 e. The van der Waals surface area contributed by atoms with Gasteiger partial charge < -0.3 is 29.6 Å². The van der Waals surface area contributed by atoms with Crippen LogP contribution in [0.4, 0.5) is 17.1 Å². The van der Waals surface area contributed by atoms with Gasteiger partial charge in [-0.2, -0.15) is 0 Å². The minimum atomic E-state index is -3.00. The van der Waals surface area contributed by atoms with Crippen LogP contribution in [0.5, 0.6) is 5.75 Å². The van der Waals surface area contributed by atoms with Crippen molar-refractivity contribution in [1.29, 1.82) is 0 Å². The third-order valence-electron chi connectivity index (χ3n) is 9.00. The number of nitrogens with one attached hydrogen (secondary N) is 1. The van der Waals surface area contributed by atoms with Crippen molar-refractivity contribution in [3.63, 3.8) is 0 Å². The SMILES string of the molecule is C[C@H]1[C@H]([Si](C)(C)O)[C@@H](CC(=O)N(CCO)Cc2ccccc2)O[C@]12C(=O)Nc1ccc(N3C(=O)COc4ccccc43)cc12. The molecular weight excluding hydrogens is 578 g/mol. The van der Waals surface area contributed by atoms with Gasteiger partial charge in [-0.05, 0) is 49.0 Å². The molecule has 1 saturated heterocycles. The Hall–Kier alpha value is -4.03. The molecule has 44 heavy (non-hydrogen) atoms. The van der Waals surface area contributed by atoms with Gasteiger partial charge in [0.1, 0.15) is 5.75 Å². The molecule has 10 nitrogen and oxygen atoms in total. The van der Waals surface area contributed by atoms with Crippen LogP contribution in [0.25, 0.3) is 0 Å². The van der Waals surface area contributed by atoms with Gasteiger partial charge in [-0.15, -0.1) is 0 Å². The summed E-state index contributed by atoms with van der Waals surface area (Å²) in [6, 6.07) is 22.1. The highest BCUT2D eigenvalue weighted by atomic mass is 28.4. The zero-order valence-electron chi connectivity index (χ0n) is 25.0. The molecule has 3 aliphatic rings. The van der Waals surface area contributed by atoms with E-state index in [9.17, 15) is 24.3 Å². The molecule has 0 radical (unpaired) electrons. The van der Waals surface area contributed by atoms with Gasteiger partial charge in [-0.3, -0.25) is 19.3 Å². The van der Waals surface area contributed by atoms with E-state index in [1.165, 1.54) is 0 Å². The summed E-state index contributed by atoms with van der Waals surface area (Å²) in [7, 11) is -3.00. The van der Waals surface area contributed by atoms with Crippen molar-refractivity contribution in [1.82, 2.24) is 4.90 Å². The topological polar surface area (TPSA) is 129 Å². The average Bonchev–Trinajstić information content (AvgIpc) is 3.45. The number of para-hydroxylation sites is 2. The standard InChI is InChI=1S/C33H37N3O7Si/c1-21-31(44(2,3)41)28(18-29(38)35(15-16-37)19-22-9-5-4-6-10-22)43-33(21)24-17-23(13-14-25(24)34-32(33)40)36-26-11-7-8-12-27(26)42-20-30(36)39/h4-14,17,21,28,31,37,41H,15-16,18-20H2,1-3H3,(H,34,40)/t21-,28+,31-,33+/m0/s1. The van der Waals surface area contributed by atoms with Gasteiger partial charge in [0.05, 0.1) is 24.8 Å². The molecule has 11 heteroatoms. The summed E-state index contributed by atoms with van der Waals surface area (Å²) in [5, 5.41) is 12.7. The normalized spacial score (nSPS) is 24.1. The predicted molar refractivity (Wildman–Crippen MR) is 167 cm³/mol. The van der Waals surface area contributed by atoms with E-state index in [-0.39, 0.29) is 43.9 Å². The van der Waals surface area contributed by atoms with Crippen LogP contribution in [-0.2, 0) is 31.3 Å². The molecule has 1 fully saturated rings.